The van der Waals surface area contributed by atoms with Crippen molar-refractivity contribution >= 4 is 0 Å². The molecule has 0 amide bonds. The lowest BCUT2D eigenvalue weighted by atomic mass is 10.0. The lowest BCUT2D eigenvalue weighted by Crippen LogP contribution is -2.29. The van der Waals surface area contributed by atoms with Gasteiger partial charge in [-0.1, -0.05) is 0 Å². The van der Waals surface area contributed by atoms with E-state index in [0.29, 0.717) is 13.0 Å². The predicted molar refractivity (Wildman–Crippen MR) is 45.8 cm³/mol. The molecule has 0 aromatic heterocycles. The van der Waals surface area contributed by atoms with Gasteiger partial charge in [0.1, 0.15) is 0 Å². The maximum absolute atomic E-state index is 9.51. The minimum Gasteiger partial charge on any atom is -0.390 e. The van der Waals surface area contributed by atoms with Crippen molar-refractivity contribution in [3.05, 3.63) is 0 Å². The van der Waals surface area contributed by atoms with Crippen molar-refractivity contribution in [2.75, 3.05) is 6.61 Å². The predicted octanol–water partition coefficient (Wildman–Crippen LogP) is 1.30. The van der Waals surface area contributed by atoms with Gasteiger partial charge < -0.3 is 14.6 Å². The van der Waals surface area contributed by atoms with E-state index in [2.05, 4.69) is 0 Å². The van der Waals surface area contributed by atoms with Gasteiger partial charge in [0.15, 0.2) is 5.79 Å². The van der Waals surface area contributed by atoms with Crippen molar-refractivity contribution < 1.29 is 14.6 Å². The van der Waals surface area contributed by atoms with E-state index in [1.165, 1.54) is 0 Å². The van der Waals surface area contributed by atoms with E-state index in [0.717, 1.165) is 0 Å². The van der Waals surface area contributed by atoms with Crippen LogP contribution >= 0.6 is 0 Å². The normalized spacial score (nSPS) is 29.2. The van der Waals surface area contributed by atoms with Gasteiger partial charge in [-0.25, -0.2) is 0 Å². The first kappa shape index (κ1) is 9.96. The van der Waals surface area contributed by atoms with Crippen LogP contribution in [0, 0.1) is 0 Å². The summed E-state index contributed by atoms with van der Waals surface area (Å²) in [6.07, 6.45) is 0.649. The molecule has 0 aromatic carbocycles. The van der Waals surface area contributed by atoms with E-state index in [4.69, 9.17) is 9.47 Å². The fraction of sp³-hybridized carbons (Fsp3) is 1.00. The Labute approximate surface area is 73.7 Å². The molecule has 12 heavy (non-hydrogen) atoms. The van der Waals surface area contributed by atoms with Crippen molar-refractivity contribution in [2.45, 2.75) is 51.6 Å². The average molecular weight is 174 g/mol. The van der Waals surface area contributed by atoms with Crippen LogP contribution in [-0.2, 0) is 9.47 Å². The van der Waals surface area contributed by atoms with Crippen molar-refractivity contribution in [3.63, 3.8) is 0 Å². The number of rotatable bonds is 2. The molecule has 1 rings (SSSR count). The van der Waals surface area contributed by atoms with E-state index in [1.807, 2.05) is 13.8 Å². The van der Waals surface area contributed by atoms with Crippen LogP contribution in [0.1, 0.15) is 34.1 Å². The molecular formula is C9H18O3. The topological polar surface area (TPSA) is 38.7 Å². The van der Waals surface area contributed by atoms with Crippen LogP contribution in [0.2, 0.25) is 0 Å². The SMILES string of the molecule is CC(C)(O)CC1COC(C)(C)O1. The Hall–Kier alpha value is -0.120. The smallest absolute Gasteiger partial charge is 0.163 e. The number of ether oxygens (including phenoxy) is 2. The van der Waals surface area contributed by atoms with Crippen LogP contribution in [0.4, 0.5) is 0 Å². The summed E-state index contributed by atoms with van der Waals surface area (Å²) < 4.78 is 10.9. The van der Waals surface area contributed by atoms with E-state index >= 15 is 0 Å². The minimum absolute atomic E-state index is 0.0278. The molecule has 0 aliphatic carbocycles. The molecule has 3 heteroatoms. The maximum Gasteiger partial charge on any atom is 0.163 e. The van der Waals surface area contributed by atoms with E-state index in [1.54, 1.807) is 13.8 Å². The zero-order valence-corrected chi connectivity index (χ0v) is 8.26. The highest BCUT2D eigenvalue weighted by molar-refractivity contribution is 4.77. The van der Waals surface area contributed by atoms with Crippen LogP contribution < -0.4 is 0 Å². The first-order valence-electron chi connectivity index (χ1n) is 4.33. The molecule has 0 saturated carbocycles. The van der Waals surface area contributed by atoms with Crippen molar-refractivity contribution in [2.24, 2.45) is 0 Å². The first-order valence-corrected chi connectivity index (χ1v) is 4.33. The van der Waals surface area contributed by atoms with Crippen LogP contribution in [0.25, 0.3) is 0 Å². The minimum atomic E-state index is -0.672. The zero-order chi connectivity index (χ0) is 9.41. The molecule has 3 nitrogen and oxygen atoms in total. The third-order valence-corrected chi connectivity index (χ3v) is 1.79. The number of aliphatic hydroxyl groups is 1. The summed E-state index contributed by atoms with van der Waals surface area (Å²) in [4.78, 5) is 0. The molecule has 1 fully saturated rings. The zero-order valence-electron chi connectivity index (χ0n) is 8.26. The molecule has 1 atom stereocenters. The summed E-state index contributed by atoms with van der Waals surface area (Å²) in [6, 6.07) is 0. The highest BCUT2D eigenvalue weighted by Gasteiger charge is 2.35. The lowest BCUT2D eigenvalue weighted by molar-refractivity contribution is -0.144. The molecule has 0 aromatic rings. The largest absolute Gasteiger partial charge is 0.390 e. The molecule has 1 unspecified atom stereocenters. The maximum atomic E-state index is 9.51. The summed E-state index contributed by atoms with van der Waals surface area (Å²) in [5, 5.41) is 9.51. The second kappa shape index (κ2) is 2.98. The fourth-order valence-electron chi connectivity index (χ4n) is 1.42. The standard InChI is InChI=1S/C9H18O3/c1-8(2,10)5-7-6-11-9(3,4)12-7/h7,10H,5-6H2,1-4H3. The lowest BCUT2D eigenvalue weighted by Gasteiger charge is -2.22. The van der Waals surface area contributed by atoms with Gasteiger partial charge in [-0.2, -0.15) is 0 Å². The van der Waals surface area contributed by atoms with Gasteiger partial charge in [0, 0.05) is 6.42 Å². The quantitative estimate of drug-likeness (QED) is 0.685. The van der Waals surface area contributed by atoms with Crippen LogP contribution in [-0.4, -0.2) is 29.2 Å². The van der Waals surface area contributed by atoms with Gasteiger partial charge in [-0.3, -0.25) is 0 Å². The van der Waals surface area contributed by atoms with Gasteiger partial charge in [0.2, 0.25) is 0 Å². The van der Waals surface area contributed by atoms with Gasteiger partial charge in [0.05, 0.1) is 18.3 Å². The Morgan fingerprint density at radius 2 is 2.08 bits per heavy atom. The first-order chi connectivity index (χ1) is 5.29. The van der Waals surface area contributed by atoms with Crippen molar-refractivity contribution in [1.29, 1.82) is 0 Å². The third-order valence-electron chi connectivity index (χ3n) is 1.79. The summed E-state index contributed by atoms with van der Waals surface area (Å²) >= 11 is 0. The molecule has 1 N–H and O–H groups in total. The molecule has 0 bridgehead atoms. The van der Waals surface area contributed by atoms with Gasteiger partial charge >= 0.3 is 0 Å². The van der Waals surface area contributed by atoms with Crippen LogP contribution in [0.3, 0.4) is 0 Å². The Bertz CT molecular complexity index is 158. The number of hydrogen-bond acceptors (Lipinski definition) is 3. The second-order valence-corrected chi connectivity index (χ2v) is 4.47. The van der Waals surface area contributed by atoms with Crippen molar-refractivity contribution in [3.8, 4) is 0 Å². The highest BCUT2D eigenvalue weighted by atomic mass is 16.7. The molecule has 1 aliphatic heterocycles. The van der Waals surface area contributed by atoms with Gasteiger partial charge in [0.25, 0.3) is 0 Å². The molecule has 72 valence electrons. The monoisotopic (exact) mass is 174 g/mol. The fourth-order valence-corrected chi connectivity index (χ4v) is 1.42. The van der Waals surface area contributed by atoms with Gasteiger partial charge in [-0.15, -0.1) is 0 Å². The van der Waals surface area contributed by atoms with Gasteiger partial charge in [-0.05, 0) is 27.7 Å². The van der Waals surface area contributed by atoms with Crippen LogP contribution in [0.15, 0.2) is 0 Å². The molecule has 0 radical (unpaired) electrons. The summed E-state index contributed by atoms with van der Waals surface area (Å²) in [7, 11) is 0. The third kappa shape index (κ3) is 3.09. The summed E-state index contributed by atoms with van der Waals surface area (Å²) in [5.74, 6) is -0.476. The second-order valence-electron chi connectivity index (χ2n) is 4.47. The van der Waals surface area contributed by atoms with Crippen LogP contribution in [0.5, 0.6) is 0 Å². The van der Waals surface area contributed by atoms with Crippen molar-refractivity contribution in [1.82, 2.24) is 0 Å². The highest BCUT2D eigenvalue weighted by Crippen LogP contribution is 2.27. The van der Waals surface area contributed by atoms with E-state index in [-0.39, 0.29) is 6.10 Å². The van der Waals surface area contributed by atoms with E-state index < -0.39 is 11.4 Å². The number of hydrogen-bond donors (Lipinski definition) is 1. The average Bonchev–Trinajstić information content (AvgIpc) is 2.05. The Balaban J connectivity index is 2.39. The molecular weight excluding hydrogens is 156 g/mol. The molecule has 0 spiro atoms. The Morgan fingerprint density at radius 1 is 1.50 bits per heavy atom. The summed E-state index contributed by atoms with van der Waals surface area (Å²) in [5.41, 5.74) is -0.672. The summed E-state index contributed by atoms with van der Waals surface area (Å²) in [6.45, 7) is 7.91. The molecule has 1 heterocycles. The molecule has 1 aliphatic rings. The van der Waals surface area contributed by atoms with E-state index in [9.17, 15) is 5.11 Å². The molecule has 1 saturated heterocycles. The Kier molecular flexibility index (Phi) is 2.47. The Morgan fingerprint density at radius 3 is 2.42 bits per heavy atom.